The van der Waals surface area contributed by atoms with Gasteiger partial charge < -0.3 is 10.6 Å². The number of amides is 2. The van der Waals surface area contributed by atoms with Crippen molar-refractivity contribution in [3.63, 3.8) is 0 Å². The van der Waals surface area contributed by atoms with Gasteiger partial charge in [-0.2, -0.15) is 0 Å². The summed E-state index contributed by atoms with van der Waals surface area (Å²) in [5.74, 6) is 0.0486. The molecule has 1 saturated heterocycles. The van der Waals surface area contributed by atoms with Crippen LogP contribution in [0.5, 0.6) is 0 Å². The molecule has 2 amide bonds. The van der Waals surface area contributed by atoms with E-state index in [1.807, 2.05) is 61.5 Å². The molecule has 160 valence electrons. The van der Waals surface area contributed by atoms with Gasteiger partial charge in [0.2, 0.25) is 11.8 Å². The van der Waals surface area contributed by atoms with Crippen molar-refractivity contribution in [1.29, 1.82) is 0 Å². The molecule has 0 aliphatic carbocycles. The fraction of sp³-hybridized carbons (Fsp3) is 0.417. The predicted molar refractivity (Wildman–Crippen MR) is 120 cm³/mol. The standard InChI is InChI=1S/C24H32N4O2/c1-3-20-9-7-8-12-22(20)26-24(30)18-28-15-13-27(14-16-28)17-23(29)25-19(2)21-10-5-4-6-11-21/h4-12,19H,3,13-18H2,1-2H3,(H,25,29)(H,26,30)/t19-/m0/s1. The highest BCUT2D eigenvalue weighted by molar-refractivity contribution is 5.93. The van der Waals surface area contributed by atoms with E-state index in [2.05, 4.69) is 27.4 Å². The molecule has 0 aromatic heterocycles. The van der Waals surface area contributed by atoms with Crippen LogP contribution in [-0.2, 0) is 16.0 Å². The van der Waals surface area contributed by atoms with Gasteiger partial charge in [-0.15, -0.1) is 0 Å². The topological polar surface area (TPSA) is 64.7 Å². The molecule has 0 saturated carbocycles. The molecule has 1 fully saturated rings. The number of aryl methyl sites for hydroxylation is 1. The molecule has 6 nitrogen and oxygen atoms in total. The monoisotopic (exact) mass is 408 g/mol. The Balaban J connectivity index is 1.39. The number of piperazine rings is 1. The van der Waals surface area contributed by atoms with E-state index < -0.39 is 0 Å². The van der Waals surface area contributed by atoms with E-state index in [-0.39, 0.29) is 17.9 Å². The van der Waals surface area contributed by atoms with Crippen molar-refractivity contribution < 1.29 is 9.59 Å². The normalized spacial score (nSPS) is 16.1. The zero-order chi connectivity index (χ0) is 21.3. The molecule has 30 heavy (non-hydrogen) atoms. The second kappa shape index (κ2) is 10.9. The highest BCUT2D eigenvalue weighted by Gasteiger charge is 2.21. The highest BCUT2D eigenvalue weighted by atomic mass is 16.2. The minimum atomic E-state index is -0.00492. The first kappa shape index (κ1) is 22.0. The van der Waals surface area contributed by atoms with Gasteiger partial charge in [0.15, 0.2) is 0 Å². The first-order valence-corrected chi connectivity index (χ1v) is 10.7. The van der Waals surface area contributed by atoms with E-state index >= 15 is 0 Å². The Morgan fingerprint density at radius 2 is 1.43 bits per heavy atom. The molecule has 1 atom stereocenters. The lowest BCUT2D eigenvalue weighted by atomic mass is 10.1. The van der Waals surface area contributed by atoms with Crippen molar-refractivity contribution in [2.45, 2.75) is 26.3 Å². The first-order chi connectivity index (χ1) is 14.5. The molecule has 2 aromatic rings. The maximum atomic E-state index is 12.4. The minimum Gasteiger partial charge on any atom is -0.348 e. The van der Waals surface area contributed by atoms with Gasteiger partial charge >= 0.3 is 0 Å². The van der Waals surface area contributed by atoms with E-state index in [0.717, 1.165) is 49.4 Å². The van der Waals surface area contributed by atoms with Gasteiger partial charge in [-0.3, -0.25) is 19.4 Å². The van der Waals surface area contributed by atoms with Crippen molar-refractivity contribution in [1.82, 2.24) is 15.1 Å². The number of para-hydroxylation sites is 1. The summed E-state index contributed by atoms with van der Waals surface area (Å²) in [6.45, 7) is 7.98. The van der Waals surface area contributed by atoms with Crippen LogP contribution in [0.4, 0.5) is 5.69 Å². The second-order valence-electron chi connectivity index (χ2n) is 7.81. The summed E-state index contributed by atoms with van der Waals surface area (Å²) < 4.78 is 0. The van der Waals surface area contributed by atoms with Crippen LogP contribution < -0.4 is 10.6 Å². The zero-order valence-corrected chi connectivity index (χ0v) is 17.9. The Morgan fingerprint density at radius 3 is 2.07 bits per heavy atom. The summed E-state index contributed by atoms with van der Waals surface area (Å²) in [5, 5.41) is 6.10. The molecular formula is C24H32N4O2. The largest absolute Gasteiger partial charge is 0.348 e. The maximum Gasteiger partial charge on any atom is 0.238 e. The third kappa shape index (κ3) is 6.40. The van der Waals surface area contributed by atoms with Crippen LogP contribution in [0.2, 0.25) is 0 Å². The molecule has 2 N–H and O–H groups in total. The average molecular weight is 409 g/mol. The van der Waals surface area contributed by atoms with Crippen LogP contribution in [0.1, 0.15) is 31.0 Å². The number of benzene rings is 2. The number of carbonyl (C=O) groups is 2. The molecule has 0 radical (unpaired) electrons. The molecule has 6 heteroatoms. The van der Waals surface area contributed by atoms with E-state index in [1.165, 1.54) is 0 Å². The molecule has 2 aromatic carbocycles. The fourth-order valence-electron chi connectivity index (χ4n) is 3.76. The number of carbonyl (C=O) groups excluding carboxylic acids is 2. The van der Waals surface area contributed by atoms with Crippen molar-refractivity contribution in [3.05, 3.63) is 65.7 Å². The maximum absolute atomic E-state index is 12.4. The van der Waals surface area contributed by atoms with Gasteiger partial charge in [-0.05, 0) is 30.5 Å². The molecule has 1 aliphatic heterocycles. The molecule has 0 spiro atoms. The number of anilines is 1. The SMILES string of the molecule is CCc1ccccc1NC(=O)CN1CCN(CC(=O)N[C@@H](C)c2ccccc2)CC1. The number of rotatable bonds is 8. The van der Waals surface area contributed by atoms with Gasteiger partial charge in [0.05, 0.1) is 19.1 Å². The van der Waals surface area contributed by atoms with Gasteiger partial charge in [-0.1, -0.05) is 55.5 Å². The Bertz CT molecular complexity index is 832. The van der Waals surface area contributed by atoms with Crippen molar-refractivity contribution in [2.75, 3.05) is 44.6 Å². The van der Waals surface area contributed by atoms with Gasteiger partial charge in [0, 0.05) is 31.9 Å². The summed E-state index contributed by atoms with van der Waals surface area (Å²) in [6.07, 6.45) is 0.889. The van der Waals surface area contributed by atoms with Crippen LogP contribution in [0.25, 0.3) is 0 Å². The van der Waals surface area contributed by atoms with E-state index in [4.69, 9.17) is 0 Å². The smallest absolute Gasteiger partial charge is 0.238 e. The van der Waals surface area contributed by atoms with Gasteiger partial charge in [-0.25, -0.2) is 0 Å². The van der Waals surface area contributed by atoms with E-state index in [0.29, 0.717) is 13.1 Å². The summed E-state index contributed by atoms with van der Waals surface area (Å²) in [5.41, 5.74) is 3.14. The lowest BCUT2D eigenvalue weighted by Crippen LogP contribution is -2.51. The Labute approximate surface area is 179 Å². The second-order valence-corrected chi connectivity index (χ2v) is 7.81. The third-order valence-corrected chi connectivity index (χ3v) is 5.55. The van der Waals surface area contributed by atoms with Crippen LogP contribution >= 0.6 is 0 Å². The van der Waals surface area contributed by atoms with Crippen LogP contribution in [-0.4, -0.2) is 60.9 Å². The zero-order valence-electron chi connectivity index (χ0n) is 17.9. The van der Waals surface area contributed by atoms with Crippen LogP contribution in [0.3, 0.4) is 0 Å². The lowest BCUT2D eigenvalue weighted by molar-refractivity contribution is -0.124. The number of hydrogen-bond donors (Lipinski definition) is 2. The third-order valence-electron chi connectivity index (χ3n) is 5.55. The number of nitrogens with zero attached hydrogens (tertiary/aromatic N) is 2. The molecule has 3 rings (SSSR count). The van der Waals surface area contributed by atoms with Crippen molar-refractivity contribution >= 4 is 17.5 Å². The molecule has 1 heterocycles. The molecule has 0 bridgehead atoms. The fourth-order valence-corrected chi connectivity index (χ4v) is 3.76. The summed E-state index contributed by atoms with van der Waals surface area (Å²) >= 11 is 0. The number of nitrogens with one attached hydrogen (secondary N) is 2. The Kier molecular flexibility index (Phi) is 7.99. The van der Waals surface area contributed by atoms with Crippen molar-refractivity contribution in [2.24, 2.45) is 0 Å². The van der Waals surface area contributed by atoms with Gasteiger partial charge in [0.1, 0.15) is 0 Å². The minimum absolute atomic E-state index is 0.00492. The van der Waals surface area contributed by atoms with E-state index in [9.17, 15) is 9.59 Å². The molecule has 0 unspecified atom stereocenters. The van der Waals surface area contributed by atoms with E-state index in [1.54, 1.807) is 0 Å². The van der Waals surface area contributed by atoms with Crippen LogP contribution in [0.15, 0.2) is 54.6 Å². The average Bonchev–Trinajstić information content (AvgIpc) is 2.76. The van der Waals surface area contributed by atoms with Crippen molar-refractivity contribution in [3.8, 4) is 0 Å². The lowest BCUT2D eigenvalue weighted by Gasteiger charge is -2.34. The molecular weight excluding hydrogens is 376 g/mol. The highest BCUT2D eigenvalue weighted by Crippen LogP contribution is 2.15. The Hall–Kier alpha value is -2.70. The quantitative estimate of drug-likeness (QED) is 0.705. The summed E-state index contributed by atoms with van der Waals surface area (Å²) in [4.78, 5) is 29.1. The summed E-state index contributed by atoms with van der Waals surface area (Å²) in [7, 11) is 0. The number of hydrogen-bond acceptors (Lipinski definition) is 4. The summed E-state index contributed by atoms with van der Waals surface area (Å²) in [6, 6.07) is 17.9. The molecule has 1 aliphatic rings. The first-order valence-electron chi connectivity index (χ1n) is 10.7. The van der Waals surface area contributed by atoms with Crippen LogP contribution in [0, 0.1) is 0 Å². The van der Waals surface area contributed by atoms with Gasteiger partial charge in [0.25, 0.3) is 0 Å². The predicted octanol–water partition coefficient (Wildman–Crippen LogP) is 2.68. The Morgan fingerprint density at radius 1 is 0.867 bits per heavy atom.